The van der Waals surface area contributed by atoms with Gasteiger partial charge in [-0.1, -0.05) is 60.7 Å². The van der Waals surface area contributed by atoms with Crippen LogP contribution in [0.5, 0.6) is 11.5 Å². The molecule has 10 heteroatoms. The third-order valence-corrected chi connectivity index (χ3v) is 7.77. The minimum atomic E-state index is -0.527. The molecule has 4 aromatic carbocycles. The standard InChI is InChI=1S/C30H23BrN2O6S/c1-2-38-26-15-19(14-24(31)28(26)39-18-22-11-7-10-20-8-3-5-12-23(20)22)16-27-29(34)32(30(35)40-27)17-21-9-4-6-13-25(21)33(36)37/h3-16H,2,17-18H2,1H3/b27-16+. The van der Waals surface area contributed by atoms with Gasteiger partial charge in [-0.05, 0) is 74.7 Å². The maximum absolute atomic E-state index is 13.1. The first-order valence-electron chi connectivity index (χ1n) is 12.4. The second kappa shape index (κ2) is 11.9. The lowest BCUT2D eigenvalue weighted by Crippen LogP contribution is -2.27. The number of amides is 2. The molecule has 0 unspecified atom stereocenters. The van der Waals surface area contributed by atoms with Crippen LogP contribution in [0.15, 0.2) is 88.2 Å². The molecule has 8 nitrogen and oxygen atoms in total. The molecule has 2 amide bonds. The molecule has 5 rings (SSSR count). The second-order valence-electron chi connectivity index (χ2n) is 8.84. The molecule has 0 spiro atoms. The van der Waals surface area contributed by atoms with E-state index in [1.54, 1.807) is 30.3 Å². The third-order valence-electron chi connectivity index (χ3n) is 6.27. The van der Waals surface area contributed by atoms with Crippen molar-refractivity contribution >= 4 is 61.4 Å². The number of para-hydroxylation sites is 1. The molecule has 0 radical (unpaired) electrons. The summed E-state index contributed by atoms with van der Waals surface area (Å²) in [4.78, 5) is 37.9. The highest BCUT2D eigenvalue weighted by molar-refractivity contribution is 9.10. The van der Waals surface area contributed by atoms with Crippen molar-refractivity contribution in [2.24, 2.45) is 0 Å². The van der Waals surface area contributed by atoms with Gasteiger partial charge >= 0.3 is 0 Å². The summed E-state index contributed by atoms with van der Waals surface area (Å²) < 4.78 is 12.7. The minimum Gasteiger partial charge on any atom is -0.490 e. The van der Waals surface area contributed by atoms with Crippen molar-refractivity contribution in [3.05, 3.63) is 115 Å². The Kier molecular flexibility index (Phi) is 8.18. The van der Waals surface area contributed by atoms with Crippen molar-refractivity contribution < 1.29 is 24.0 Å². The fourth-order valence-corrected chi connectivity index (χ4v) is 5.84. The minimum absolute atomic E-state index is 0.144. The largest absolute Gasteiger partial charge is 0.490 e. The van der Waals surface area contributed by atoms with Gasteiger partial charge in [-0.25, -0.2) is 0 Å². The van der Waals surface area contributed by atoms with E-state index in [-0.39, 0.29) is 22.7 Å². The molecule has 0 saturated carbocycles. The zero-order valence-corrected chi connectivity index (χ0v) is 23.7. The average Bonchev–Trinajstić information content (AvgIpc) is 3.20. The molecule has 1 saturated heterocycles. The van der Waals surface area contributed by atoms with Gasteiger partial charge in [0, 0.05) is 11.6 Å². The van der Waals surface area contributed by atoms with Crippen molar-refractivity contribution in [2.45, 2.75) is 20.1 Å². The lowest BCUT2D eigenvalue weighted by molar-refractivity contribution is -0.385. The summed E-state index contributed by atoms with van der Waals surface area (Å²) in [6.07, 6.45) is 1.60. The van der Waals surface area contributed by atoms with E-state index in [1.807, 2.05) is 31.2 Å². The van der Waals surface area contributed by atoms with Crippen LogP contribution in [0.3, 0.4) is 0 Å². The number of carbonyl (C=O) groups excluding carboxylic acids is 2. The number of rotatable bonds is 9. The van der Waals surface area contributed by atoms with Crippen molar-refractivity contribution in [3.63, 3.8) is 0 Å². The Labute approximate surface area is 242 Å². The van der Waals surface area contributed by atoms with Gasteiger partial charge in [0.15, 0.2) is 11.5 Å². The van der Waals surface area contributed by atoms with E-state index < -0.39 is 16.1 Å². The fraction of sp³-hybridized carbons (Fsp3) is 0.133. The highest BCUT2D eigenvalue weighted by Gasteiger charge is 2.36. The number of nitro groups is 1. The summed E-state index contributed by atoms with van der Waals surface area (Å²) in [5.74, 6) is 0.498. The lowest BCUT2D eigenvalue weighted by Gasteiger charge is -2.16. The van der Waals surface area contributed by atoms with Crippen molar-refractivity contribution in [1.29, 1.82) is 0 Å². The number of fused-ring (bicyclic) bond motifs is 1. The Morgan fingerprint density at radius 2 is 1.70 bits per heavy atom. The summed E-state index contributed by atoms with van der Waals surface area (Å²) in [7, 11) is 0. The van der Waals surface area contributed by atoms with Gasteiger partial charge in [-0.3, -0.25) is 24.6 Å². The summed E-state index contributed by atoms with van der Waals surface area (Å²) in [5.41, 5.74) is 1.80. The number of nitro benzene ring substituents is 1. The van der Waals surface area contributed by atoms with E-state index in [4.69, 9.17) is 9.47 Å². The van der Waals surface area contributed by atoms with E-state index in [1.165, 1.54) is 12.1 Å². The maximum atomic E-state index is 13.1. The predicted molar refractivity (Wildman–Crippen MR) is 158 cm³/mol. The van der Waals surface area contributed by atoms with Gasteiger partial charge in [-0.2, -0.15) is 0 Å². The van der Waals surface area contributed by atoms with Crippen LogP contribution in [0.1, 0.15) is 23.6 Å². The monoisotopic (exact) mass is 618 g/mol. The highest BCUT2D eigenvalue weighted by Crippen LogP contribution is 2.40. The van der Waals surface area contributed by atoms with Crippen LogP contribution in [0, 0.1) is 10.1 Å². The summed E-state index contributed by atoms with van der Waals surface area (Å²) in [6.45, 7) is 2.40. The number of imide groups is 1. The lowest BCUT2D eigenvalue weighted by atomic mass is 10.1. The Morgan fingerprint density at radius 3 is 2.50 bits per heavy atom. The van der Waals surface area contributed by atoms with E-state index in [9.17, 15) is 19.7 Å². The first kappa shape index (κ1) is 27.4. The molecule has 1 aliphatic heterocycles. The van der Waals surface area contributed by atoms with Gasteiger partial charge in [0.1, 0.15) is 6.61 Å². The van der Waals surface area contributed by atoms with Gasteiger partial charge in [-0.15, -0.1) is 0 Å². The smallest absolute Gasteiger partial charge is 0.293 e. The average molecular weight is 619 g/mol. The van der Waals surface area contributed by atoms with E-state index >= 15 is 0 Å². The third kappa shape index (κ3) is 5.73. The molecule has 1 aliphatic rings. The number of hydrogen-bond acceptors (Lipinski definition) is 7. The Morgan fingerprint density at radius 1 is 0.975 bits per heavy atom. The number of hydrogen-bond donors (Lipinski definition) is 0. The number of thioether (sulfide) groups is 1. The molecular weight excluding hydrogens is 596 g/mol. The van der Waals surface area contributed by atoms with Crippen LogP contribution in [0.25, 0.3) is 16.8 Å². The molecule has 1 heterocycles. The first-order chi connectivity index (χ1) is 19.4. The number of carbonyl (C=O) groups is 2. The van der Waals surface area contributed by atoms with Crippen LogP contribution >= 0.6 is 27.7 Å². The summed E-state index contributed by atoms with van der Waals surface area (Å²) in [6, 6.07) is 23.8. The van der Waals surface area contributed by atoms with E-state index in [0.29, 0.717) is 34.7 Å². The Balaban J connectivity index is 1.39. The van der Waals surface area contributed by atoms with Crippen molar-refractivity contribution in [1.82, 2.24) is 4.90 Å². The maximum Gasteiger partial charge on any atom is 0.293 e. The van der Waals surface area contributed by atoms with Crippen LogP contribution in [0.2, 0.25) is 0 Å². The van der Waals surface area contributed by atoms with Crippen molar-refractivity contribution in [3.8, 4) is 11.5 Å². The molecule has 0 N–H and O–H groups in total. The SMILES string of the molecule is CCOc1cc(/C=C2/SC(=O)N(Cc3ccccc3[N+](=O)[O-])C2=O)cc(Br)c1OCc1cccc2ccccc12. The summed E-state index contributed by atoms with van der Waals surface area (Å²) >= 11 is 4.37. The van der Waals surface area contributed by atoms with Crippen molar-refractivity contribution in [2.75, 3.05) is 6.61 Å². The number of nitrogens with zero attached hydrogens (tertiary/aromatic N) is 2. The van der Waals surface area contributed by atoms with Crippen LogP contribution in [-0.2, 0) is 17.9 Å². The molecule has 0 aliphatic carbocycles. The molecule has 0 atom stereocenters. The van der Waals surface area contributed by atoms with E-state index in [2.05, 4.69) is 34.1 Å². The van der Waals surface area contributed by atoms with Crippen LogP contribution < -0.4 is 9.47 Å². The molecule has 0 aromatic heterocycles. The number of ether oxygens (including phenoxy) is 2. The fourth-order valence-electron chi connectivity index (χ4n) is 4.42. The molecule has 40 heavy (non-hydrogen) atoms. The normalized spacial score (nSPS) is 14.2. The van der Waals surface area contributed by atoms with Gasteiger partial charge in [0.25, 0.3) is 16.8 Å². The van der Waals surface area contributed by atoms with Gasteiger partial charge in [0.05, 0.1) is 27.5 Å². The summed E-state index contributed by atoms with van der Waals surface area (Å²) in [5, 5.41) is 13.1. The Bertz CT molecular complexity index is 1670. The van der Waals surface area contributed by atoms with Crippen LogP contribution in [-0.4, -0.2) is 27.6 Å². The van der Waals surface area contributed by atoms with E-state index in [0.717, 1.165) is 33.0 Å². The molecular formula is C30H23BrN2O6S. The topological polar surface area (TPSA) is 99.0 Å². The number of benzene rings is 4. The second-order valence-corrected chi connectivity index (χ2v) is 10.7. The zero-order valence-electron chi connectivity index (χ0n) is 21.3. The quantitative estimate of drug-likeness (QED) is 0.107. The van der Waals surface area contributed by atoms with Gasteiger partial charge in [0.2, 0.25) is 0 Å². The Hall–Kier alpha value is -4.15. The first-order valence-corrected chi connectivity index (χ1v) is 14.0. The number of halogens is 1. The predicted octanol–water partition coefficient (Wildman–Crippen LogP) is 7.72. The highest BCUT2D eigenvalue weighted by atomic mass is 79.9. The van der Waals surface area contributed by atoms with Gasteiger partial charge < -0.3 is 9.47 Å². The molecule has 202 valence electrons. The van der Waals surface area contributed by atoms with Crippen LogP contribution in [0.4, 0.5) is 10.5 Å². The molecule has 1 fully saturated rings. The zero-order chi connectivity index (χ0) is 28.2. The molecule has 0 bridgehead atoms. The molecule has 4 aromatic rings.